The Morgan fingerprint density at radius 3 is 2.81 bits per heavy atom. The summed E-state index contributed by atoms with van der Waals surface area (Å²) in [6.07, 6.45) is 0. The number of nitrogens with one attached hydrogen (secondary N) is 1. The molecular formula is C15H12N2O3S. The van der Waals surface area contributed by atoms with E-state index in [2.05, 4.69) is 17.2 Å². The van der Waals surface area contributed by atoms with E-state index in [-0.39, 0.29) is 12.5 Å². The van der Waals surface area contributed by atoms with E-state index in [9.17, 15) is 9.59 Å². The van der Waals surface area contributed by atoms with E-state index >= 15 is 0 Å². The quantitative estimate of drug-likeness (QED) is 0.749. The van der Waals surface area contributed by atoms with Crippen molar-refractivity contribution in [2.45, 2.75) is 0 Å². The molecule has 0 aliphatic carbocycles. The van der Waals surface area contributed by atoms with E-state index in [1.54, 1.807) is 29.6 Å². The number of carbonyl (C=O) groups is 2. The second kappa shape index (κ2) is 6.70. The van der Waals surface area contributed by atoms with E-state index in [4.69, 9.17) is 10.8 Å². The molecular weight excluding hydrogens is 288 g/mol. The lowest BCUT2D eigenvalue weighted by Crippen LogP contribution is -2.14. The van der Waals surface area contributed by atoms with Crippen molar-refractivity contribution < 1.29 is 14.7 Å². The molecule has 0 fully saturated rings. The van der Waals surface area contributed by atoms with Gasteiger partial charge in [0.15, 0.2) is 0 Å². The Labute approximate surface area is 125 Å². The van der Waals surface area contributed by atoms with Gasteiger partial charge in [0.2, 0.25) is 5.91 Å². The molecule has 2 amide bonds. The molecule has 4 N–H and O–H groups in total. The lowest BCUT2D eigenvalue weighted by molar-refractivity contribution is 0.0996. The molecule has 1 aromatic heterocycles. The Hall–Kier alpha value is -2.62. The minimum Gasteiger partial charge on any atom is -0.384 e. The number of primary amides is 1. The van der Waals surface area contributed by atoms with Crippen LogP contribution in [-0.2, 0) is 0 Å². The van der Waals surface area contributed by atoms with Crippen molar-refractivity contribution in [3.05, 3.63) is 51.7 Å². The van der Waals surface area contributed by atoms with Crippen LogP contribution < -0.4 is 11.1 Å². The van der Waals surface area contributed by atoms with Gasteiger partial charge < -0.3 is 16.2 Å². The maximum absolute atomic E-state index is 12.1. The average Bonchev–Trinajstić information content (AvgIpc) is 2.94. The predicted molar refractivity (Wildman–Crippen MR) is 81.2 cm³/mol. The second-order valence-corrected chi connectivity index (χ2v) is 4.97. The van der Waals surface area contributed by atoms with E-state index in [1.165, 1.54) is 17.4 Å². The van der Waals surface area contributed by atoms with Crippen LogP contribution in [0.25, 0.3) is 0 Å². The van der Waals surface area contributed by atoms with Gasteiger partial charge in [0.1, 0.15) is 6.61 Å². The Bertz CT molecular complexity index is 741. The number of amides is 2. The summed E-state index contributed by atoms with van der Waals surface area (Å²) in [4.78, 5) is 23.8. The van der Waals surface area contributed by atoms with Crippen LogP contribution in [0.2, 0.25) is 0 Å². The first-order valence-electron chi connectivity index (χ1n) is 5.99. The van der Waals surface area contributed by atoms with E-state index in [0.717, 1.165) is 0 Å². The molecule has 0 unspecified atom stereocenters. The minimum atomic E-state index is -0.553. The molecule has 5 nitrogen and oxygen atoms in total. The van der Waals surface area contributed by atoms with Gasteiger partial charge in [0.05, 0.1) is 10.4 Å². The number of carbonyl (C=O) groups excluding carboxylic acids is 2. The molecule has 0 atom stereocenters. The molecule has 6 heteroatoms. The van der Waals surface area contributed by atoms with Crippen LogP contribution in [0.3, 0.4) is 0 Å². The van der Waals surface area contributed by atoms with Crippen LogP contribution in [0.1, 0.15) is 25.6 Å². The summed E-state index contributed by atoms with van der Waals surface area (Å²) >= 11 is 1.32. The molecule has 0 aliphatic heterocycles. The summed E-state index contributed by atoms with van der Waals surface area (Å²) in [6.45, 7) is -0.223. The van der Waals surface area contributed by atoms with E-state index < -0.39 is 5.91 Å². The Morgan fingerprint density at radius 1 is 1.29 bits per heavy atom. The monoisotopic (exact) mass is 300 g/mol. The first kappa shape index (κ1) is 14.8. The number of thiophene rings is 1. The fourth-order valence-corrected chi connectivity index (χ4v) is 2.36. The third-order valence-corrected chi connectivity index (χ3v) is 3.40. The normalized spacial score (nSPS) is 9.57. The summed E-state index contributed by atoms with van der Waals surface area (Å²) in [6, 6.07) is 8.04. The lowest BCUT2D eigenvalue weighted by Gasteiger charge is -2.04. The van der Waals surface area contributed by atoms with Crippen LogP contribution >= 0.6 is 11.3 Å². The molecule has 0 aliphatic rings. The van der Waals surface area contributed by atoms with Crippen molar-refractivity contribution in [3.63, 3.8) is 0 Å². The number of hydrogen-bond donors (Lipinski definition) is 3. The SMILES string of the molecule is NC(=O)c1cccc(NC(=O)c2csc(C#CCO)c2)c1. The fraction of sp³-hybridized carbons (Fsp3) is 0.0667. The van der Waals surface area contributed by atoms with Crippen LogP contribution in [0.15, 0.2) is 35.7 Å². The van der Waals surface area contributed by atoms with Gasteiger partial charge in [-0.05, 0) is 24.3 Å². The summed E-state index contributed by atoms with van der Waals surface area (Å²) in [5, 5.41) is 13.0. The standard InChI is InChI=1S/C15H12N2O3S/c16-14(19)10-3-1-4-12(7-10)17-15(20)11-8-13(21-9-11)5-2-6-18/h1,3-4,7-9,18H,6H2,(H2,16,19)(H,17,20). The van der Waals surface area contributed by atoms with Gasteiger partial charge in [-0.25, -0.2) is 0 Å². The van der Waals surface area contributed by atoms with Crippen molar-refractivity contribution in [1.29, 1.82) is 0 Å². The zero-order valence-corrected chi connectivity index (χ0v) is 11.7. The highest BCUT2D eigenvalue weighted by Crippen LogP contribution is 2.16. The van der Waals surface area contributed by atoms with Crippen LogP contribution in [0, 0.1) is 11.8 Å². The van der Waals surface area contributed by atoms with Gasteiger partial charge in [0.25, 0.3) is 5.91 Å². The summed E-state index contributed by atoms with van der Waals surface area (Å²) < 4.78 is 0. The maximum Gasteiger partial charge on any atom is 0.256 e. The zero-order valence-electron chi connectivity index (χ0n) is 10.9. The number of aliphatic hydroxyl groups is 1. The van der Waals surface area contributed by atoms with Gasteiger partial charge in [-0.15, -0.1) is 11.3 Å². The van der Waals surface area contributed by atoms with Crippen LogP contribution in [0.4, 0.5) is 5.69 Å². The second-order valence-electron chi connectivity index (χ2n) is 4.06. The molecule has 0 saturated heterocycles. The predicted octanol–water partition coefficient (Wildman–Crippen LogP) is 1.44. The number of nitrogens with two attached hydrogens (primary N) is 1. The molecule has 0 spiro atoms. The third kappa shape index (κ3) is 3.92. The van der Waals surface area contributed by atoms with Crippen molar-refractivity contribution in [3.8, 4) is 11.8 Å². The highest BCUT2D eigenvalue weighted by atomic mass is 32.1. The molecule has 2 rings (SSSR count). The van der Waals surface area contributed by atoms with Crippen molar-refractivity contribution >= 4 is 28.8 Å². The highest BCUT2D eigenvalue weighted by Gasteiger charge is 2.09. The van der Waals surface area contributed by atoms with E-state index in [0.29, 0.717) is 21.7 Å². The average molecular weight is 300 g/mol. The summed E-state index contributed by atoms with van der Waals surface area (Å²) in [7, 11) is 0. The number of rotatable bonds is 3. The molecule has 0 saturated carbocycles. The molecule has 106 valence electrons. The molecule has 21 heavy (non-hydrogen) atoms. The Morgan fingerprint density at radius 2 is 2.10 bits per heavy atom. The summed E-state index contributed by atoms with van der Waals surface area (Å²) in [5.74, 6) is 4.40. The molecule has 1 aromatic carbocycles. The first-order valence-corrected chi connectivity index (χ1v) is 6.87. The molecule has 1 heterocycles. The molecule has 2 aromatic rings. The minimum absolute atomic E-state index is 0.223. The lowest BCUT2D eigenvalue weighted by atomic mass is 10.2. The van der Waals surface area contributed by atoms with Gasteiger partial charge >= 0.3 is 0 Å². The topological polar surface area (TPSA) is 92.4 Å². The van der Waals surface area contributed by atoms with Crippen molar-refractivity contribution in [2.75, 3.05) is 11.9 Å². The van der Waals surface area contributed by atoms with Crippen molar-refractivity contribution in [2.24, 2.45) is 5.73 Å². The zero-order chi connectivity index (χ0) is 15.2. The maximum atomic E-state index is 12.1. The first-order chi connectivity index (χ1) is 10.1. The highest BCUT2D eigenvalue weighted by molar-refractivity contribution is 7.10. The van der Waals surface area contributed by atoms with Crippen molar-refractivity contribution in [1.82, 2.24) is 0 Å². The van der Waals surface area contributed by atoms with Gasteiger partial charge in [-0.3, -0.25) is 9.59 Å². The van der Waals surface area contributed by atoms with Gasteiger partial charge in [0, 0.05) is 16.6 Å². The largest absolute Gasteiger partial charge is 0.384 e. The van der Waals surface area contributed by atoms with Gasteiger partial charge in [-0.2, -0.15) is 0 Å². The van der Waals surface area contributed by atoms with E-state index in [1.807, 2.05) is 0 Å². The Balaban J connectivity index is 2.12. The van der Waals surface area contributed by atoms with Gasteiger partial charge in [-0.1, -0.05) is 17.9 Å². The number of anilines is 1. The van der Waals surface area contributed by atoms with Crippen LogP contribution in [-0.4, -0.2) is 23.5 Å². The van der Waals surface area contributed by atoms with Crippen LogP contribution in [0.5, 0.6) is 0 Å². The number of benzene rings is 1. The number of hydrogen-bond acceptors (Lipinski definition) is 4. The fourth-order valence-electron chi connectivity index (χ4n) is 1.60. The number of aliphatic hydroxyl groups excluding tert-OH is 1. The molecule has 0 bridgehead atoms. The summed E-state index contributed by atoms with van der Waals surface area (Å²) in [5.41, 5.74) is 6.47. The third-order valence-electron chi connectivity index (χ3n) is 2.56. The Kier molecular flexibility index (Phi) is 4.72. The smallest absolute Gasteiger partial charge is 0.256 e. The molecule has 0 radical (unpaired) electrons.